The molecule has 0 aliphatic heterocycles. The first kappa shape index (κ1) is 13.8. The minimum absolute atomic E-state index is 0.170. The molecule has 0 saturated heterocycles. The maximum absolute atomic E-state index is 12.4. The van der Waals surface area contributed by atoms with E-state index in [1.165, 1.54) is 12.1 Å². The molecule has 0 fully saturated rings. The summed E-state index contributed by atoms with van der Waals surface area (Å²) in [4.78, 5) is 24.1. The lowest BCUT2D eigenvalue weighted by molar-refractivity contribution is 0.0992. The predicted molar refractivity (Wildman–Crippen MR) is 76.4 cm³/mol. The van der Waals surface area contributed by atoms with Crippen LogP contribution in [-0.2, 0) is 0 Å². The van der Waals surface area contributed by atoms with E-state index in [0.717, 1.165) is 0 Å². The van der Waals surface area contributed by atoms with Gasteiger partial charge < -0.3 is 0 Å². The van der Waals surface area contributed by atoms with Crippen LogP contribution in [0, 0.1) is 0 Å². The standard InChI is InChI=1S/C15H10Cl2O2/c16-9-14(18)12-7-6-11(17)8-13(12)15(19)10-4-2-1-3-5-10/h1-8H,9H2. The van der Waals surface area contributed by atoms with Crippen molar-refractivity contribution in [2.45, 2.75) is 0 Å². The van der Waals surface area contributed by atoms with Crippen LogP contribution in [0.2, 0.25) is 5.02 Å². The number of hydrogen-bond acceptors (Lipinski definition) is 2. The molecule has 0 aromatic heterocycles. The molecule has 2 aromatic carbocycles. The predicted octanol–water partition coefficient (Wildman–Crippen LogP) is 3.99. The molecule has 0 unspecified atom stereocenters. The normalized spacial score (nSPS) is 10.2. The van der Waals surface area contributed by atoms with Crippen LogP contribution >= 0.6 is 23.2 Å². The molecular formula is C15H10Cl2O2. The Kier molecular flexibility index (Phi) is 4.35. The number of halogens is 2. The molecule has 0 atom stereocenters. The Labute approximate surface area is 121 Å². The van der Waals surface area contributed by atoms with Gasteiger partial charge in [-0.15, -0.1) is 11.6 Å². The molecule has 0 amide bonds. The molecule has 19 heavy (non-hydrogen) atoms. The number of hydrogen-bond donors (Lipinski definition) is 0. The number of alkyl halides is 1. The van der Waals surface area contributed by atoms with Crippen LogP contribution in [0.3, 0.4) is 0 Å². The van der Waals surface area contributed by atoms with Gasteiger partial charge in [0.2, 0.25) is 0 Å². The lowest BCUT2D eigenvalue weighted by atomic mass is 9.96. The molecule has 96 valence electrons. The van der Waals surface area contributed by atoms with Gasteiger partial charge in [0.1, 0.15) is 0 Å². The van der Waals surface area contributed by atoms with E-state index in [4.69, 9.17) is 23.2 Å². The van der Waals surface area contributed by atoms with Gasteiger partial charge in [-0.1, -0.05) is 41.9 Å². The van der Waals surface area contributed by atoms with E-state index in [0.29, 0.717) is 16.1 Å². The van der Waals surface area contributed by atoms with Crippen LogP contribution in [-0.4, -0.2) is 17.4 Å². The molecule has 4 heteroatoms. The second kappa shape index (κ2) is 6.00. The van der Waals surface area contributed by atoms with Gasteiger partial charge in [0.05, 0.1) is 5.88 Å². The summed E-state index contributed by atoms with van der Waals surface area (Å²) < 4.78 is 0. The van der Waals surface area contributed by atoms with Crippen molar-refractivity contribution >= 4 is 34.8 Å². The largest absolute Gasteiger partial charge is 0.293 e. The van der Waals surface area contributed by atoms with Crippen molar-refractivity contribution in [2.75, 3.05) is 5.88 Å². The fraction of sp³-hybridized carbons (Fsp3) is 0.0667. The average molecular weight is 293 g/mol. The lowest BCUT2D eigenvalue weighted by Gasteiger charge is -2.07. The first-order valence-electron chi connectivity index (χ1n) is 5.62. The Balaban J connectivity index is 2.52. The van der Waals surface area contributed by atoms with Gasteiger partial charge in [0.25, 0.3) is 0 Å². The molecule has 2 rings (SSSR count). The SMILES string of the molecule is O=C(CCl)c1ccc(Cl)cc1C(=O)c1ccccc1. The zero-order chi connectivity index (χ0) is 13.8. The number of benzene rings is 2. The third-order valence-corrected chi connectivity index (χ3v) is 3.16. The molecule has 0 heterocycles. The van der Waals surface area contributed by atoms with Gasteiger partial charge in [-0.05, 0) is 18.2 Å². The minimum atomic E-state index is -0.294. The van der Waals surface area contributed by atoms with Gasteiger partial charge in [0.15, 0.2) is 11.6 Å². The number of Topliss-reactive ketones (excluding diaryl/α,β-unsaturated/α-hetero) is 1. The summed E-state index contributed by atoms with van der Waals surface area (Å²) in [7, 11) is 0. The Morgan fingerprint density at radius 2 is 1.63 bits per heavy atom. The zero-order valence-electron chi connectivity index (χ0n) is 9.90. The average Bonchev–Trinajstić information content (AvgIpc) is 2.46. The van der Waals surface area contributed by atoms with Crippen molar-refractivity contribution in [1.82, 2.24) is 0 Å². The molecule has 0 aliphatic carbocycles. The van der Waals surface area contributed by atoms with Crippen molar-refractivity contribution < 1.29 is 9.59 Å². The van der Waals surface area contributed by atoms with Gasteiger partial charge in [0, 0.05) is 21.7 Å². The molecule has 2 aromatic rings. The van der Waals surface area contributed by atoms with Crippen LogP contribution < -0.4 is 0 Å². The van der Waals surface area contributed by atoms with E-state index < -0.39 is 0 Å². The minimum Gasteiger partial charge on any atom is -0.293 e. The summed E-state index contributed by atoms with van der Waals surface area (Å²) in [6, 6.07) is 13.3. The van der Waals surface area contributed by atoms with Crippen molar-refractivity contribution in [3.8, 4) is 0 Å². The Hall–Kier alpha value is -1.64. The molecule has 0 radical (unpaired) electrons. The van der Waals surface area contributed by atoms with Crippen molar-refractivity contribution in [3.05, 3.63) is 70.2 Å². The molecular weight excluding hydrogens is 283 g/mol. The Morgan fingerprint density at radius 1 is 0.947 bits per heavy atom. The fourth-order valence-electron chi connectivity index (χ4n) is 1.76. The van der Waals surface area contributed by atoms with Crippen molar-refractivity contribution in [3.63, 3.8) is 0 Å². The van der Waals surface area contributed by atoms with E-state index in [9.17, 15) is 9.59 Å². The summed E-state index contributed by atoms with van der Waals surface area (Å²) in [5, 5.41) is 0.408. The highest BCUT2D eigenvalue weighted by Gasteiger charge is 2.18. The van der Waals surface area contributed by atoms with Crippen LogP contribution in [0.25, 0.3) is 0 Å². The van der Waals surface area contributed by atoms with Gasteiger partial charge in [-0.3, -0.25) is 9.59 Å². The van der Waals surface area contributed by atoms with Gasteiger partial charge >= 0.3 is 0 Å². The van der Waals surface area contributed by atoms with E-state index in [1.54, 1.807) is 30.3 Å². The highest BCUT2D eigenvalue weighted by molar-refractivity contribution is 6.33. The highest BCUT2D eigenvalue weighted by Crippen LogP contribution is 2.20. The van der Waals surface area contributed by atoms with Crippen LogP contribution in [0.5, 0.6) is 0 Å². The first-order chi connectivity index (χ1) is 9.13. The van der Waals surface area contributed by atoms with Crippen LogP contribution in [0.15, 0.2) is 48.5 Å². The van der Waals surface area contributed by atoms with Crippen LogP contribution in [0.4, 0.5) is 0 Å². The smallest absolute Gasteiger partial charge is 0.193 e. The number of carbonyl (C=O) groups is 2. The Morgan fingerprint density at radius 3 is 2.26 bits per heavy atom. The molecule has 0 aliphatic rings. The second-order valence-electron chi connectivity index (χ2n) is 3.94. The van der Waals surface area contributed by atoms with Crippen LogP contribution in [0.1, 0.15) is 26.3 Å². The molecule has 0 saturated carbocycles. The summed E-state index contributed by atoms with van der Waals surface area (Å²) >= 11 is 11.5. The number of carbonyl (C=O) groups excluding carboxylic acids is 2. The third kappa shape index (κ3) is 3.03. The second-order valence-corrected chi connectivity index (χ2v) is 4.65. The topological polar surface area (TPSA) is 34.1 Å². The zero-order valence-corrected chi connectivity index (χ0v) is 11.4. The maximum atomic E-state index is 12.4. The van der Waals surface area contributed by atoms with E-state index in [2.05, 4.69) is 0 Å². The molecule has 2 nitrogen and oxygen atoms in total. The molecule has 0 N–H and O–H groups in total. The summed E-state index contributed by atoms with van der Waals surface area (Å²) in [6.45, 7) is 0. The lowest BCUT2D eigenvalue weighted by Crippen LogP contribution is -2.11. The quantitative estimate of drug-likeness (QED) is 0.631. The fourth-order valence-corrected chi connectivity index (χ4v) is 2.08. The molecule has 0 bridgehead atoms. The van der Waals surface area contributed by atoms with E-state index in [-0.39, 0.29) is 23.0 Å². The highest BCUT2D eigenvalue weighted by atomic mass is 35.5. The van der Waals surface area contributed by atoms with Gasteiger partial charge in [-0.25, -0.2) is 0 Å². The van der Waals surface area contributed by atoms with Gasteiger partial charge in [-0.2, -0.15) is 0 Å². The van der Waals surface area contributed by atoms with E-state index in [1.807, 2.05) is 6.07 Å². The van der Waals surface area contributed by atoms with Crippen molar-refractivity contribution in [1.29, 1.82) is 0 Å². The first-order valence-corrected chi connectivity index (χ1v) is 6.53. The number of ketones is 2. The van der Waals surface area contributed by atoms with Crippen molar-refractivity contribution in [2.24, 2.45) is 0 Å². The number of rotatable bonds is 4. The monoisotopic (exact) mass is 292 g/mol. The summed E-state index contributed by atoms with van der Waals surface area (Å²) in [5.74, 6) is -0.703. The summed E-state index contributed by atoms with van der Waals surface area (Å²) in [5.41, 5.74) is 1.09. The summed E-state index contributed by atoms with van der Waals surface area (Å²) in [6.07, 6.45) is 0. The maximum Gasteiger partial charge on any atom is 0.193 e. The third-order valence-electron chi connectivity index (χ3n) is 2.68. The molecule has 0 spiro atoms. The van der Waals surface area contributed by atoms with E-state index >= 15 is 0 Å². The Bertz CT molecular complexity index is 621.